The molecule has 4 rings (SSSR count). The minimum atomic E-state index is -2.36. The van der Waals surface area contributed by atoms with Gasteiger partial charge in [-0.2, -0.15) is 14.6 Å². The molecule has 10 heteroatoms. The van der Waals surface area contributed by atoms with E-state index in [1.807, 2.05) is 50.4 Å². The van der Waals surface area contributed by atoms with E-state index in [2.05, 4.69) is 24.3 Å². The van der Waals surface area contributed by atoms with Gasteiger partial charge in [0.05, 0.1) is 12.7 Å². The summed E-state index contributed by atoms with van der Waals surface area (Å²) in [6.45, 7) is 12.4. The van der Waals surface area contributed by atoms with Crippen molar-refractivity contribution in [1.29, 1.82) is 0 Å². The van der Waals surface area contributed by atoms with Crippen LogP contribution in [-0.2, 0) is 11.1 Å². The molecule has 1 atom stereocenters. The van der Waals surface area contributed by atoms with Gasteiger partial charge in [0.25, 0.3) is 0 Å². The molecule has 0 saturated carbocycles. The van der Waals surface area contributed by atoms with E-state index in [4.69, 9.17) is 9.72 Å². The summed E-state index contributed by atoms with van der Waals surface area (Å²) in [6.07, 6.45) is 2.03. The minimum Gasteiger partial charge on any atom is -0.472 e. The average molecular weight is 514 g/mol. The summed E-state index contributed by atoms with van der Waals surface area (Å²) in [4.78, 5) is 18.0. The number of benzene rings is 1. The number of hydrogen-bond acceptors (Lipinski definition) is 6. The van der Waals surface area contributed by atoms with Crippen LogP contribution < -0.4 is 15.4 Å². The van der Waals surface area contributed by atoms with Crippen molar-refractivity contribution >= 4 is 30.0 Å². The number of hydrogen-bond donors (Lipinski definition) is 2. The maximum absolute atomic E-state index is 12.5. The third kappa shape index (κ3) is 5.51. The molecule has 2 aromatic heterocycles. The van der Waals surface area contributed by atoms with Crippen LogP contribution in [0.15, 0.2) is 36.5 Å². The number of amides is 1. The zero-order valence-corrected chi connectivity index (χ0v) is 22.7. The Bertz CT molecular complexity index is 1310. The van der Waals surface area contributed by atoms with Gasteiger partial charge >= 0.3 is 6.09 Å². The number of carboxylic acid groups (broad SMARTS) is 1. The minimum absolute atomic E-state index is 0.219. The predicted molar refractivity (Wildman–Crippen MR) is 142 cm³/mol. The van der Waals surface area contributed by atoms with Crippen molar-refractivity contribution in [1.82, 2.24) is 19.5 Å². The number of nitrogens with one attached hydrogen (secondary N) is 1. The van der Waals surface area contributed by atoms with E-state index >= 15 is 0 Å². The zero-order chi connectivity index (χ0) is 26.3. The van der Waals surface area contributed by atoms with Gasteiger partial charge in [-0.15, -0.1) is 0 Å². The molecule has 36 heavy (non-hydrogen) atoms. The second kappa shape index (κ2) is 9.77. The molecular weight excluding hydrogens is 477 g/mol. The molecule has 194 valence electrons. The first-order valence-corrected chi connectivity index (χ1v) is 14.9. The Labute approximate surface area is 212 Å². The van der Waals surface area contributed by atoms with E-state index in [-0.39, 0.29) is 18.6 Å². The lowest BCUT2D eigenvalue weighted by Gasteiger charge is -2.43. The number of rotatable bonds is 7. The van der Waals surface area contributed by atoms with E-state index in [0.717, 1.165) is 28.7 Å². The Balaban J connectivity index is 1.62. The van der Waals surface area contributed by atoms with Crippen LogP contribution in [0, 0.1) is 0 Å². The molecule has 3 aromatic rings. The highest BCUT2D eigenvalue weighted by Gasteiger charge is 2.38. The standard InChI is InChI=1S/C26H36N5O4P/c1-17(2)21-15-28-31-22(27-14-18-8-7-9-20(12-18)36(5,6)34)13-23(29-24(21)31)35-19-10-11-26(3,4)30(16-19)25(32)33/h7-9,12-13,15,17,19,27H,10-11,14,16H2,1-6H3,(H,32,33)/t19-/m1/s1. The van der Waals surface area contributed by atoms with Crippen LogP contribution in [0.4, 0.5) is 10.6 Å². The molecule has 0 radical (unpaired) electrons. The van der Waals surface area contributed by atoms with Crippen molar-refractivity contribution in [3.63, 3.8) is 0 Å². The summed E-state index contributed by atoms with van der Waals surface area (Å²) in [6, 6.07) is 9.59. The van der Waals surface area contributed by atoms with Gasteiger partial charge < -0.3 is 19.7 Å². The van der Waals surface area contributed by atoms with Gasteiger partial charge in [0.2, 0.25) is 5.88 Å². The normalized spacial score (nSPS) is 18.0. The Kier molecular flexibility index (Phi) is 7.06. The zero-order valence-electron chi connectivity index (χ0n) is 21.9. The Morgan fingerprint density at radius 2 is 2.06 bits per heavy atom. The lowest BCUT2D eigenvalue weighted by molar-refractivity contribution is 0.0131. The van der Waals surface area contributed by atoms with Crippen LogP contribution in [0.1, 0.15) is 57.6 Å². The van der Waals surface area contributed by atoms with Crippen LogP contribution in [-0.4, -0.2) is 62.2 Å². The molecule has 1 aromatic carbocycles. The lowest BCUT2D eigenvalue weighted by Crippen LogP contribution is -2.55. The van der Waals surface area contributed by atoms with E-state index in [0.29, 0.717) is 24.5 Å². The molecular formula is C26H36N5O4P. The third-order valence-electron chi connectivity index (χ3n) is 6.82. The summed E-state index contributed by atoms with van der Waals surface area (Å²) >= 11 is 0. The van der Waals surface area contributed by atoms with Crippen LogP contribution in [0.2, 0.25) is 0 Å². The van der Waals surface area contributed by atoms with Crippen LogP contribution in [0.3, 0.4) is 0 Å². The van der Waals surface area contributed by atoms with Crippen molar-refractivity contribution < 1.29 is 19.2 Å². The molecule has 0 aliphatic carbocycles. The smallest absolute Gasteiger partial charge is 0.407 e. The predicted octanol–water partition coefficient (Wildman–Crippen LogP) is 5.01. The highest BCUT2D eigenvalue weighted by molar-refractivity contribution is 7.70. The van der Waals surface area contributed by atoms with Crippen LogP contribution in [0.5, 0.6) is 5.88 Å². The summed E-state index contributed by atoms with van der Waals surface area (Å²) in [5.41, 5.74) is 2.28. The molecule has 9 nitrogen and oxygen atoms in total. The van der Waals surface area contributed by atoms with Crippen LogP contribution >= 0.6 is 7.14 Å². The molecule has 3 heterocycles. The molecule has 2 N–H and O–H groups in total. The number of likely N-dealkylation sites (tertiary alicyclic amines) is 1. The summed E-state index contributed by atoms with van der Waals surface area (Å²) in [5, 5.41) is 18.5. The fourth-order valence-corrected chi connectivity index (χ4v) is 5.46. The quantitative estimate of drug-likeness (QED) is 0.427. The maximum atomic E-state index is 12.5. The van der Waals surface area contributed by atoms with Crippen LogP contribution in [0.25, 0.3) is 5.65 Å². The van der Waals surface area contributed by atoms with E-state index < -0.39 is 18.8 Å². The van der Waals surface area contributed by atoms with Crippen molar-refractivity contribution in [3.05, 3.63) is 47.7 Å². The SMILES string of the molecule is CC(C)c1cnn2c(NCc3cccc(P(C)(C)=O)c3)cc(O[C@@H]3CCC(C)(C)N(C(=O)O)C3)nc12. The number of aromatic nitrogens is 3. The molecule has 0 spiro atoms. The van der Waals surface area contributed by atoms with Gasteiger partial charge in [0.15, 0.2) is 5.65 Å². The Hall–Kier alpha value is -3.06. The molecule has 0 unspecified atom stereocenters. The molecule has 0 bridgehead atoms. The van der Waals surface area contributed by atoms with Gasteiger partial charge in [-0.3, -0.25) is 4.90 Å². The first-order chi connectivity index (χ1) is 16.8. The van der Waals surface area contributed by atoms with Gasteiger partial charge in [-0.25, -0.2) is 4.79 Å². The number of carbonyl (C=O) groups is 1. The van der Waals surface area contributed by atoms with Crippen molar-refractivity contribution in [2.45, 2.75) is 64.6 Å². The second-order valence-electron chi connectivity index (χ2n) is 10.8. The molecule has 1 fully saturated rings. The van der Waals surface area contributed by atoms with Crippen molar-refractivity contribution in [2.24, 2.45) is 0 Å². The monoisotopic (exact) mass is 513 g/mol. The molecule has 1 saturated heterocycles. The third-order valence-corrected chi connectivity index (χ3v) is 8.34. The van der Waals surface area contributed by atoms with E-state index in [1.54, 1.807) is 17.8 Å². The molecule has 1 aliphatic rings. The number of ether oxygens (including phenoxy) is 1. The first kappa shape index (κ1) is 26.0. The summed E-state index contributed by atoms with van der Waals surface area (Å²) in [5.74, 6) is 1.37. The fourth-order valence-electron chi connectivity index (χ4n) is 4.54. The largest absolute Gasteiger partial charge is 0.472 e. The van der Waals surface area contributed by atoms with Gasteiger partial charge in [0.1, 0.15) is 19.1 Å². The van der Waals surface area contributed by atoms with Crippen molar-refractivity contribution in [2.75, 3.05) is 25.2 Å². The summed E-state index contributed by atoms with van der Waals surface area (Å²) < 4.78 is 20.6. The van der Waals surface area contributed by atoms with Gasteiger partial charge in [0, 0.05) is 29.0 Å². The number of piperidine rings is 1. The second-order valence-corrected chi connectivity index (χ2v) is 14.0. The highest BCUT2D eigenvalue weighted by atomic mass is 31.2. The van der Waals surface area contributed by atoms with E-state index in [1.165, 1.54) is 4.90 Å². The highest BCUT2D eigenvalue weighted by Crippen LogP contribution is 2.35. The Morgan fingerprint density at radius 1 is 1.31 bits per heavy atom. The summed E-state index contributed by atoms with van der Waals surface area (Å²) in [7, 11) is -2.36. The average Bonchev–Trinajstić information content (AvgIpc) is 3.22. The first-order valence-electron chi connectivity index (χ1n) is 12.3. The number of fused-ring (bicyclic) bond motifs is 1. The fraction of sp³-hybridized carbons (Fsp3) is 0.500. The van der Waals surface area contributed by atoms with Gasteiger partial charge in [-0.1, -0.05) is 32.0 Å². The lowest BCUT2D eigenvalue weighted by atomic mass is 9.89. The van der Waals surface area contributed by atoms with E-state index in [9.17, 15) is 14.5 Å². The maximum Gasteiger partial charge on any atom is 0.407 e. The van der Waals surface area contributed by atoms with Gasteiger partial charge in [-0.05, 0) is 57.6 Å². The topological polar surface area (TPSA) is 109 Å². The van der Waals surface area contributed by atoms with Crippen molar-refractivity contribution in [3.8, 4) is 5.88 Å². The number of nitrogens with zero attached hydrogens (tertiary/aromatic N) is 4. The molecule has 1 amide bonds. The number of anilines is 1. The Morgan fingerprint density at radius 3 is 2.72 bits per heavy atom. The molecule has 1 aliphatic heterocycles.